The molecule has 4 rings (SSSR count). The largest absolute Gasteiger partial charge is 0.382 e. The van der Waals surface area contributed by atoms with Gasteiger partial charge in [-0.1, -0.05) is 19.3 Å². The van der Waals surface area contributed by atoms with Crippen LogP contribution in [0.1, 0.15) is 61.0 Å². The third-order valence-corrected chi connectivity index (χ3v) is 7.21. The van der Waals surface area contributed by atoms with Crippen molar-refractivity contribution in [1.82, 2.24) is 14.8 Å². The molecular formula is C23H35N3O3. The average molecular weight is 402 g/mol. The number of carbonyl (C=O) groups is 1. The Morgan fingerprint density at radius 1 is 1.17 bits per heavy atom. The molecule has 2 saturated heterocycles. The van der Waals surface area contributed by atoms with Crippen molar-refractivity contribution in [2.75, 3.05) is 40.0 Å². The number of likely N-dealkylation sites (tertiary alicyclic amines) is 2. The van der Waals surface area contributed by atoms with Crippen LogP contribution in [0.4, 0.5) is 0 Å². The van der Waals surface area contributed by atoms with Crippen LogP contribution in [0.15, 0.2) is 18.3 Å². The molecule has 1 aromatic heterocycles. The van der Waals surface area contributed by atoms with Gasteiger partial charge in [-0.15, -0.1) is 0 Å². The van der Waals surface area contributed by atoms with Crippen LogP contribution in [0.25, 0.3) is 0 Å². The molecule has 2 aliphatic heterocycles. The molecular weight excluding hydrogens is 366 g/mol. The Balaban J connectivity index is 1.35. The highest BCUT2D eigenvalue weighted by molar-refractivity contribution is 5.94. The summed E-state index contributed by atoms with van der Waals surface area (Å²) >= 11 is 0. The van der Waals surface area contributed by atoms with Crippen LogP contribution in [0.3, 0.4) is 0 Å². The first-order valence-corrected chi connectivity index (χ1v) is 11.2. The Bertz CT molecular complexity index is 679. The maximum absolute atomic E-state index is 12.8. The van der Waals surface area contributed by atoms with Crippen molar-refractivity contribution in [3.8, 4) is 0 Å². The van der Waals surface area contributed by atoms with E-state index in [2.05, 4.69) is 9.88 Å². The maximum Gasteiger partial charge on any atom is 0.255 e. The predicted octanol–water partition coefficient (Wildman–Crippen LogP) is 3.04. The van der Waals surface area contributed by atoms with Crippen molar-refractivity contribution in [1.29, 1.82) is 0 Å². The summed E-state index contributed by atoms with van der Waals surface area (Å²) in [5.41, 5.74) is 1.87. The molecule has 0 N–H and O–H groups in total. The molecule has 29 heavy (non-hydrogen) atoms. The summed E-state index contributed by atoms with van der Waals surface area (Å²) in [7, 11) is 1.73. The summed E-state index contributed by atoms with van der Waals surface area (Å²) in [6, 6.07) is 4.37. The first kappa shape index (κ1) is 20.8. The third-order valence-electron chi connectivity index (χ3n) is 7.21. The number of aryl methyl sites for hydroxylation is 1. The molecule has 6 nitrogen and oxygen atoms in total. The number of piperidine rings is 1. The number of methoxy groups -OCH3 is 1. The van der Waals surface area contributed by atoms with Gasteiger partial charge in [0, 0.05) is 50.2 Å². The highest BCUT2D eigenvalue weighted by Gasteiger charge is 2.56. The van der Waals surface area contributed by atoms with E-state index in [9.17, 15) is 4.79 Å². The summed E-state index contributed by atoms with van der Waals surface area (Å²) in [6.45, 7) is 6.00. The van der Waals surface area contributed by atoms with Gasteiger partial charge >= 0.3 is 0 Å². The summed E-state index contributed by atoms with van der Waals surface area (Å²) in [4.78, 5) is 21.8. The second kappa shape index (κ2) is 9.11. The first-order chi connectivity index (χ1) is 14.1. The highest BCUT2D eigenvalue weighted by Crippen LogP contribution is 2.47. The van der Waals surface area contributed by atoms with Crippen LogP contribution in [0.5, 0.6) is 0 Å². The van der Waals surface area contributed by atoms with Gasteiger partial charge in [0.05, 0.1) is 24.9 Å². The lowest BCUT2D eigenvalue weighted by Crippen LogP contribution is -2.75. The number of hydrogen-bond donors (Lipinski definition) is 0. The van der Waals surface area contributed by atoms with E-state index < -0.39 is 0 Å². The van der Waals surface area contributed by atoms with E-state index in [1.54, 1.807) is 13.3 Å². The maximum atomic E-state index is 12.8. The number of nitrogens with zero attached hydrogens (tertiary/aromatic N) is 3. The first-order valence-electron chi connectivity index (χ1n) is 11.2. The van der Waals surface area contributed by atoms with Gasteiger partial charge in [-0.2, -0.15) is 0 Å². The Kier molecular flexibility index (Phi) is 6.52. The van der Waals surface area contributed by atoms with Gasteiger partial charge < -0.3 is 14.4 Å². The molecule has 1 unspecified atom stereocenters. The molecule has 1 aromatic rings. The van der Waals surface area contributed by atoms with Gasteiger partial charge in [0.2, 0.25) is 0 Å². The van der Waals surface area contributed by atoms with Crippen molar-refractivity contribution < 1.29 is 14.3 Å². The molecule has 0 radical (unpaired) electrons. The minimum absolute atomic E-state index is 0.118. The molecule has 1 amide bonds. The molecule has 3 heterocycles. The predicted molar refractivity (Wildman–Crippen MR) is 112 cm³/mol. The van der Waals surface area contributed by atoms with Crippen molar-refractivity contribution >= 4 is 5.91 Å². The lowest BCUT2D eigenvalue weighted by molar-refractivity contribution is -0.203. The average Bonchev–Trinajstić information content (AvgIpc) is 2.76. The smallest absolute Gasteiger partial charge is 0.255 e. The summed E-state index contributed by atoms with van der Waals surface area (Å²) < 4.78 is 11.4. The number of carbonyl (C=O) groups excluding carboxylic acids is 1. The van der Waals surface area contributed by atoms with Gasteiger partial charge in [0.15, 0.2) is 0 Å². The quantitative estimate of drug-likeness (QED) is 0.686. The van der Waals surface area contributed by atoms with E-state index in [0.717, 1.165) is 38.2 Å². The van der Waals surface area contributed by atoms with Crippen LogP contribution in [0.2, 0.25) is 0 Å². The molecule has 3 fully saturated rings. The summed E-state index contributed by atoms with van der Waals surface area (Å²) in [5.74, 6) is 0.118. The van der Waals surface area contributed by atoms with E-state index in [0.29, 0.717) is 30.9 Å². The second-order valence-electron chi connectivity index (χ2n) is 8.88. The fraction of sp³-hybridized carbons (Fsp3) is 0.739. The Labute approximate surface area is 174 Å². The highest BCUT2D eigenvalue weighted by atomic mass is 16.5. The monoisotopic (exact) mass is 401 g/mol. The molecule has 1 saturated carbocycles. The van der Waals surface area contributed by atoms with Crippen LogP contribution >= 0.6 is 0 Å². The number of ether oxygens (including phenoxy) is 2. The molecule has 1 aliphatic carbocycles. The molecule has 6 heteroatoms. The van der Waals surface area contributed by atoms with Crippen molar-refractivity contribution in [3.05, 3.63) is 29.6 Å². The fourth-order valence-corrected chi connectivity index (χ4v) is 5.53. The number of hydrogen-bond acceptors (Lipinski definition) is 5. The van der Waals surface area contributed by atoms with Crippen LogP contribution < -0.4 is 0 Å². The Hall–Kier alpha value is -1.50. The van der Waals surface area contributed by atoms with E-state index in [4.69, 9.17) is 9.47 Å². The molecule has 0 bridgehead atoms. The molecule has 0 aromatic carbocycles. The minimum Gasteiger partial charge on any atom is -0.382 e. The van der Waals surface area contributed by atoms with Crippen molar-refractivity contribution in [2.24, 2.45) is 0 Å². The minimum atomic E-state index is 0.118. The second-order valence-corrected chi connectivity index (χ2v) is 8.88. The van der Waals surface area contributed by atoms with Crippen LogP contribution in [-0.2, 0) is 9.47 Å². The molecule has 1 spiro atoms. The zero-order chi connectivity index (χ0) is 20.3. The normalized spacial score (nSPS) is 25.2. The lowest BCUT2D eigenvalue weighted by atomic mass is 9.69. The van der Waals surface area contributed by atoms with Crippen LogP contribution in [-0.4, -0.2) is 78.3 Å². The van der Waals surface area contributed by atoms with Gasteiger partial charge in [-0.05, 0) is 44.7 Å². The third kappa shape index (κ3) is 4.21. The topological polar surface area (TPSA) is 54.9 Å². The van der Waals surface area contributed by atoms with E-state index in [1.165, 1.54) is 32.1 Å². The molecule has 3 aliphatic rings. The van der Waals surface area contributed by atoms with E-state index in [1.807, 2.05) is 24.0 Å². The summed E-state index contributed by atoms with van der Waals surface area (Å²) in [6.07, 6.45) is 10.6. The SMILES string of the molecule is COCCOC1CN(C2CCN(C(=O)c3ccc(C)nc3)CC2)C12CCCCC2. The Morgan fingerprint density at radius 3 is 2.59 bits per heavy atom. The lowest BCUT2D eigenvalue weighted by Gasteiger charge is -2.63. The van der Waals surface area contributed by atoms with Gasteiger partial charge in [-0.3, -0.25) is 14.7 Å². The standard InChI is InChI=1S/C23H35N3O3/c1-18-6-7-19(16-24-18)22(27)25-12-8-20(9-13-25)26-17-21(29-15-14-28-2)23(26)10-4-3-5-11-23/h6-7,16,20-21H,3-5,8-15,17H2,1-2H3. The van der Waals surface area contributed by atoms with Crippen molar-refractivity contribution in [2.45, 2.75) is 69.6 Å². The zero-order valence-corrected chi connectivity index (χ0v) is 17.9. The number of pyridine rings is 1. The van der Waals surface area contributed by atoms with Crippen LogP contribution in [0, 0.1) is 6.92 Å². The van der Waals surface area contributed by atoms with Crippen molar-refractivity contribution in [3.63, 3.8) is 0 Å². The molecule has 1 atom stereocenters. The number of aromatic nitrogens is 1. The fourth-order valence-electron chi connectivity index (χ4n) is 5.53. The van der Waals surface area contributed by atoms with E-state index in [-0.39, 0.29) is 11.4 Å². The number of rotatable bonds is 6. The van der Waals surface area contributed by atoms with Gasteiger partial charge in [0.25, 0.3) is 5.91 Å². The van der Waals surface area contributed by atoms with Gasteiger partial charge in [-0.25, -0.2) is 0 Å². The van der Waals surface area contributed by atoms with E-state index >= 15 is 0 Å². The summed E-state index contributed by atoms with van der Waals surface area (Å²) in [5, 5.41) is 0. The van der Waals surface area contributed by atoms with Gasteiger partial charge in [0.1, 0.15) is 0 Å². The molecule has 160 valence electrons. The Morgan fingerprint density at radius 2 is 1.93 bits per heavy atom. The number of amides is 1. The zero-order valence-electron chi connectivity index (χ0n) is 17.9.